The molecule has 0 unspecified atom stereocenters. The molecule has 0 radical (unpaired) electrons. The molecule has 1 aromatic heterocycles. The van der Waals surface area contributed by atoms with Gasteiger partial charge in [0.25, 0.3) is 11.5 Å². The van der Waals surface area contributed by atoms with Gasteiger partial charge in [0.2, 0.25) is 0 Å². The number of carbonyl (C=O) groups is 1. The summed E-state index contributed by atoms with van der Waals surface area (Å²) in [7, 11) is 0. The fourth-order valence-electron chi connectivity index (χ4n) is 3.77. The van der Waals surface area contributed by atoms with Crippen molar-refractivity contribution in [1.82, 2.24) is 15.1 Å². The molecule has 1 N–H and O–H groups in total. The SMILES string of the molecule is CCN(CCCNC(=O)c1nn(-c2ccccc2)c(=O)c2ccccc12)c1ccccc1. The van der Waals surface area contributed by atoms with Gasteiger partial charge in [0.1, 0.15) is 0 Å². The molecule has 32 heavy (non-hydrogen) atoms. The molecule has 0 aliphatic rings. The molecule has 0 bridgehead atoms. The van der Waals surface area contributed by atoms with Crippen LogP contribution in [0.1, 0.15) is 23.8 Å². The average Bonchev–Trinajstić information content (AvgIpc) is 2.85. The Balaban J connectivity index is 1.52. The largest absolute Gasteiger partial charge is 0.372 e. The van der Waals surface area contributed by atoms with Gasteiger partial charge in [-0.05, 0) is 43.7 Å². The molecule has 0 saturated heterocycles. The van der Waals surface area contributed by atoms with E-state index in [2.05, 4.69) is 34.4 Å². The minimum absolute atomic E-state index is 0.246. The van der Waals surface area contributed by atoms with E-state index in [1.807, 2.05) is 42.5 Å². The molecular weight excluding hydrogens is 400 g/mol. The van der Waals surface area contributed by atoms with Gasteiger partial charge >= 0.3 is 0 Å². The number of nitrogens with zero attached hydrogens (tertiary/aromatic N) is 3. The van der Waals surface area contributed by atoms with Gasteiger partial charge in [0.15, 0.2) is 5.69 Å². The van der Waals surface area contributed by atoms with Gasteiger partial charge in [-0.2, -0.15) is 9.78 Å². The summed E-state index contributed by atoms with van der Waals surface area (Å²) in [6.45, 7) is 4.36. The third-order valence-electron chi connectivity index (χ3n) is 5.41. The average molecular weight is 427 g/mol. The zero-order chi connectivity index (χ0) is 22.3. The predicted octanol–water partition coefficient (Wildman–Crippen LogP) is 4.03. The first-order valence-electron chi connectivity index (χ1n) is 10.8. The maximum Gasteiger partial charge on any atom is 0.279 e. The van der Waals surface area contributed by atoms with Crippen molar-refractivity contribution in [1.29, 1.82) is 0 Å². The molecule has 0 saturated carbocycles. The van der Waals surface area contributed by atoms with Crippen molar-refractivity contribution in [2.75, 3.05) is 24.5 Å². The van der Waals surface area contributed by atoms with E-state index in [4.69, 9.17) is 0 Å². The normalized spacial score (nSPS) is 10.8. The molecule has 0 aliphatic heterocycles. The Morgan fingerprint density at radius 1 is 0.906 bits per heavy atom. The smallest absolute Gasteiger partial charge is 0.279 e. The molecule has 0 atom stereocenters. The van der Waals surface area contributed by atoms with E-state index in [0.717, 1.165) is 19.5 Å². The summed E-state index contributed by atoms with van der Waals surface area (Å²) in [4.78, 5) is 28.3. The van der Waals surface area contributed by atoms with Crippen LogP contribution >= 0.6 is 0 Å². The first-order valence-corrected chi connectivity index (χ1v) is 10.8. The van der Waals surface area contributed by atoms with Gasteiger partial charge in [-0.1, -0.05) is 54.6 Å². The standard InChI is InChI=1S/C26H26N4O2/c1-2-29(20-12-5-3-6-13-20)19-11-18-27-25(31)24-22-16-9-10-17-23(22)26(32)30(28-24)21-14-7-4-8-15-21/h3-10,12-17H,2,11,18-19H2,1H3,(H,27,31). The predicted molar refractivity (Wildman–Crippen MR) is 129 cm³/mol. The van der Waals surface area contributed by atoms with Crippen molar-refractivity contribution in [3.8, 4) is 5.69 Å². The molecular formula is C26H26N4O2. The maximum absolute atomic E-state index is 13.0. The Bertz CT molecular complexity index is 1250. The highest BCUT2D eigenvalue weighted by Crippen LogP contribution is 2.16. The molecule has 6 heteroatoms. The third kappa shape index (κ3) is 4.54. The highest BCUT2D eigenvalue weighted by Gasteiger charge is 2.17. The van der Waals surface area contributed by atoms with Crippen molar-refractivity contribution in [3.05, 3.63) is 101 Å². The van der Waals surface area contributed by atoms with E-state index in [1.54, 1.807) is 30.3 Å². The number of aromatic nitrogens is 2. The van der Waals surface area contributed by atoms with Crippen molar-refractivity contribution in [3.63, 3.8) is 0 Å². The van der Waals surface area contributed by atoms with E-state index in [-0.39, 0.29) is 17.2 Å². The van der Waals surface area contributed by atoms with Crippen molar-refractivity contribution in [2.45, 2.75) is 13.3 Å². The van der Waals surface area contributed by atoms with Gasteiger partial charge in [0.05, 0.1) is 11.1 Å². The summed E-state index contributed by atoms with van der Waals surface area (Å²) >= 11 is 0. The zero-order valence-electron chi connectivity index (χ0n) is 18.1. The first kappa shape index (κ1) is 21.3. The van der Waals surface area contributed by atoms with E-state index in [9.17, 15) is 9.59 Å². The number of hydrogen-bond acceptors (Lipinski definition) is 4. The molecule has 4 aromatic rings. The van der Waals surface area contributed by atoms with Crippen LogP contribution in [-0.4, -0.2) is 35.3 Å². The summed E-state index contributed by atoms with van der Waals surface area (Å²) in [5.41, 5.74) is 1.80. The fraction of sp³-hybridized carbons (Fsp3) is 0.192. The number of amides is 1. The Kier molecular flexibility index (Phi) is 6.60. The van der Waals surface area contributed by atoms with Crippen LogP contribution < -0.4 is 15.8 Å². The molecule has 0 fully saturated rings. The van der Waals surface area contributed by atoms with Crippen molar-refractivity contribution >= 4 is 22.4 Å². The van der Waals surface area contributed by atoms with Gasteiger partial charge < -0.3 is 10.2 Å². The van der Waals surface area contributed by atoms with Crippen LogP contribution in [0.25, 0.3) is 16.5 Å². The lowest BCUT2D eigenvalue weighted by Gasteiger charge is -2.23. The molecule has 4 rings (SSSR count). The highest BCUT2D eigenvalue weighted by molar-refractivity contribution is 6.04. The van der Waals surface area contributed by atoms with Gasteiger partial charge in [-0.15, -0.1) is 0 Å². The summed E-state index contributed by atoms with van der Waals surface area (Å²) in [5, 5.41) is 8.43. The van der Waals surface area contributed by atoms with Crippen LogP contribution in [0.3, 0.4) is 0 Å². The van der Waals surface area contributed by atoms with Crippen LogP contribution in [0.5, 0.6) is 0 Å². The van der Waals surface area contributed by atoms with E-state index < -0.39 is 0 Å². The van der Waals surface area contributed by atoms with Crippen molar-refractivity contribution < 1.29 is 4.79 Å². The monoisotopic (exact) mass is 426 g/mol. The maximum atomic E-state index is 13.0. The molecule has 1 amide bonds. The van der Waals surface area contributed by atoms with Crippen LogP contribution in [-0.2, 0) is 0 Å². The topological polar surface area (TPSA) is 67.2 Å². The molecule has 162 valence electrons. The number of hydrogen-bond donors (Lipinski definition) is 1. The summed E-state index contributed by atoms with van der Waals surface area (Å²) in [5.74, 6) is -0.284. The number of rotatable bonds is 8. The lowest BCUT2D eigenvalue weighted by molar-refractivity contribution is 0.0948. The van der Waals surface area contributed by atoms with Crippen LogP contribution in [0, 0.1) is 0 Å². The number of benzene rings is 3. The molecule has 1 heterocycles. The Labute approximate surface area is 187 Å². The van der Waals surface area contributed by atoms with Crippen LogP contribution in [0.2, 0.25) is 0 Å². The van der Waals surface area contributed by atoms with E-state index >= 15 is 0 Å². The second-order valence-corrected chi connectivity index (χ2v) is 7.47. The lowest BCUT2D eigenvalue weighted by atomic mass is 10.1. The fourth-order valence-corrected chi connectivity index (χ4v) is 3.77. The number of para-hydroxylation sites is 2. The van der Waals surface area contributed by atoms with Gasteiger partial charge in [-0.25, -0.2) is 0 Å². The zero-order valence-corrected chi connectivity index (χ0v) is 18.1. The third-order valence-corrected chi connectivity index (χ3v) is 5.41. The van der Waals surface area contributed by atoms with Crippen molar-refractivity contribution in [2.24, 2.45) is 0 Å². The Hall–Kier alpha value is -3.93. The Morgan fingerprint density at radius 2 is 1.53 bits per heavy atom. The summed E-state index contributed by atoms with van der Waals surface area (Å²) < 4.78 is 1.30. The molecule has 0 spiro atoms. The van der Waals surface area contributed by atoms with Gasteiger partial charge in [0, 0.05) is 30.7 Å². The summed E-state index contributed by atoms with van der Waals surface area (Å²) in [6.07, 6.45) is 0.796. The van der Waals surface area contributed by atoms with E-state index in [1.165, 1.54) is 10.4 Å². The molecule has 0 aliphatic carbocycles. The minimum Gasteiger partial charge on any atom is -0.372 e. The molecule has 6 nitrogen and oxygen atoms in total. The second kappa shape index (κ2) is 9.92. The number of anilines is 1. The quantitative estimate of drug-likeness (QED) is 0.432. The van der Waals surface area contributed by atoms with E-state index in [0.29, 0.717) is 23.0 Å². The number of fused-ring (bicyclic) bond motifs is 1. The van der Waals surface area contributed by atoms with Gasteiger partial charge in [-0.3, -0.25) is 9.59 Å². The second-order valence-electron chi connectivity index (χ2n) is 7.47. The first-order chi connectivity index (χ1) is 15.7. The molecule has 3 aromatic carbocycles. The highest BCUT2D eigenvalue weighted by atomic mass is 16.2. The number of nitrogens with one attached hydrogen (secondary N) is 1. The lowest BCUT2D eigenvalue weighted by Crippen LogP contribution is -2.32. The van der Waals surface area contributed by atoms with Crippen LogP contribution in [0.4, 0.5) is 5.69 Å². The summed E-state index contributed by atoms with van der Waals surface area (Å²) in [6, 6.07) is 26.5. The van der Waals surface area contributed by atoms with Crippen LogP contribution in [0.15, 0.2) is 89.7 Å². The Morgan fingerprint density at radius 3 is 2.22 bits per heavy atom. The number of carbonyl (C=O) groups excluding carboxylic acids is 1. The minimum atomic E-state index is -0.284.